The van der Waals surface area contributed by atoms with Gasteiger partial charge in [-0.05, 0) is 54.0 Å². The molecule has 3 rings (SSSR count). The fourth-order valence-corrected chi connectivity index (χ4v) is 3.39. The molecule has 28 heavy (non-hydrogen) atoms. The summed E-state index contributed by atoms with van der Waals surface area (Å²) in [6.45, 7) is 0.445. The van der Waals surface area contributed by atoms with Gasteiger partial charge in [0.2, 0.25) is 0 Å². The van der Waals surface area contributed by atoms with Gasteiger partial charge in [-0.3, -0.25) is 4.79 Å². The van der Waals surface area contributed by atoms with Crippen LogP contribution in [0.4, 0.5) is 5.69 Å². The van der Waals surface area contributed by atoms with E-state index in [4.69, 9.17) is 33.7 Å². The maximum Gasteiger partial charge on any atom is 0.269 e. The molecule has 2 N–H and O–H groups in total. The van der Waals surface area contributed by atoms with Crippen LogP contribution in [0, 0.1) is 0 Å². The molecule has 0 aliphatic carbocycles. The Labute approximate surface area is 173 Å². The van der Waals surface area contributed by atoms with Gasteiger partial charge in [-0.25, -0.2) is 0 Å². The normalized spacial score (nSPS) is 11.1. The molecule has 0 atom stereocenters. The largest absolute Gasteiger partial charge is 0.497 e. The highest BCUT2D eigenvalue weighted by atomic mass is 35.5. The summed E-state index contributed by atoms with van der Waals surface area (Å²) in [6.07, 6.45) is 4.35. The molecular weight excluding hydrogens is 395 g/mol. The van der Waals surface area contributed by atoms with Crippen LogP contribution in [-0.2, 0) is 13.0 Å². The molecule has 144 valence electrons. The van der Waals surface area contributed by atoms with E-state index < -0.39 is 0 Å². The van der Waals surface area contributed by atoms with Gasteiger partial charge < -0.3 is 15.0 Å². The van der Waals surface area contributed by atoms with Gasteiger partial charge in [0.25, 0.3) is 5.56 Å². The van der Waals surface area contributed by atoms with Crippen molar-refractivity contribution in [3.8, 4) is 5.75 Å². The molecule has 2 aromatic carbocycles. The first-order valence-electron chi connectivity index (χ1n) is 8.73. The minimum Gasteiger partial charge on any atom is -0.497 e. The molecule has 0 spiro atoms. The van der Waals surface area contributed by atoms with E-state index >= 15 is 0 Å². The van der Waals surface area contributed by atoms with Crippen LogP contribution in [0.2, 0.25) is 10.0 Å². The zero-order valence-corrected chi connectivity index (χ0v) is 16.9. The lowest BCUT2D eigenvalue weighted by Crippen LogP contribution is -2.24. The summed E-state index contributed by atoms with van der Waals surface area (Å²) < 4.78 is 6.84. The maximum absolute atomic E-state index is 12.6. The summed E-state index contributed by atoms with van der Waals surface area (Å²) in [5, 5.41) is 0.516. The van der Waals surface area contributed by atoms with E-state index in [0.29, 0.717) is 29.4 Å². The van der Waals surface area contributed by atoms with Gasteiger partial charge in [-0.15, -0.1) is 0 Å². The molecular formula is C22H20Cl2N2O2. The highest BCUT2D eigenvalue weighted by Crippen LogP contribution is 2.22. The predicted octanol–water partition coefficient (Wildman–Crippen LogP) is 5.16. The third-order valence-corrected chi connectivity index (χ3v) is 4.94. The molecule has 0 bridgehead atoms. The Bertz CT molecular complexity index is 1060. The molecule has 3 aromatic rings. The highest BCUT2D eigenvalue weighted by molar-refractivity contribution is 6.35. The summed E-state index contributed by atoms with van der Waals surface area (Å²) >= 11 is 12.5. The summed E-state index contributed by atoms with van der Waals surface area (Å²) in [6, 6.07) is 16.7. The molecule has 0 radical (unpaired) electrons. The van der Waals surface area contributed by atoms with E-state index in [1.807, 2.05) is 60.7 Å². The summed E-state index contributed by atoms with van der Waals surface area (Å²) in [5.74, 6) is 0.755. The SMILES string of the molecule is COc1cccc(C=Cc2c(Cl)cc(Cl)c(=O)n2CCc2ccc(N)cc2)c1. The van der Waals surface area contributed by atoms with Gasteiger partial charge in [-0.1, -0.05) is 53.5 Å². The summed E-state index contributed by atoms with van der Waals surface area (Å²) in [4.78, 5) is 12.6. The summed E-state index contributed by atoms with van der Waals surface area (Å²) in [7, 11) is 1.62. The van der Waals surface area contributed by atoms with Crippen molar-refractivity contribution in [1.82, 2.24) is 4.57 Å². The molecule has 0 fully saturated rings. The molecule has 0 aliphatic rings. The molecule has 6 heteroatoms. The second-order valence-electron chi connectivity index (χ2n) is 6.28. The van der Waals surface area contributed by atoms with Gasteiger partial charge in [-0.2, -0.15) is 0 Å². The number of ether oxygens (including phenoxy) is 1. The van der Waals surface area contributed by atoms with Crippen molar-refractivity contribution in [2.45, 2.75) is 13.0 Å². The van der Waals surface area contributed by atoms with Crippen LogP contribution < -0.4 is 16.0 Å². The van der Waals surface area contributed by atoms with E-state index in [0.717, 1.165) is 16.9 Å². The lowest BCUT2D eigenvalue weighted by molar-refractivity contribution is 0.414. The fraction of sp³-hybridized carbons (Fsp3) is 0.136. The second-order valence-corrected chi connectivity index (χ2v) is 7.10. The Hall–Kier alpha value is -2.69. The van der Waals surface area contributed by atoms with Crippen LogP contribution in [0.1, 0.15) is 16.8 Å². The Morgan fingerprint density at radius 1 is 1.04 bits per heavy atom. The number of aromatic nitrogens is 1. The van der Waals surface area contributed by atoms with Gasteiger partial charge in [0.1, 0.15) is 10.8 Å². The summed E-state index contributed by atoms with van der Waals surface area (Å²) in [5.41, 5.74) is 8.77. The lowest BCUT2D eigenvalue weighted by atomic mass is 10.1. The van der Waals surface area contributed by atoms with E-state index in [1.165, 1.54) is 6.07 Å². The van der Waals surface area contributed by atoms with E-state index in [9.17, 15) is 4.79 Å². The average molecular weight is 415 g/mol. The Morgan fingerprint density at radius 2 is 1.79 bits per heavy atom. The first kappa shape index (κ1) is 20.1. The number of rotatable bonds is 6. The number of nitrogens with zero attached hydrogens (tertiary/aromatic N) is 1. The second kappa shape index (κ2) is 9.00. The Balaban J connectivity index is 1.93. The van der Waals surface area contributed by atoms with Crippen molar-refractivity contribution in [1.29, 1.82) is 0 Å². The van der Waals surface area contributed by atoms with Crippen LogP contribution in [0.25, 0.3) is 12.2 Å². The van der Waals surface area contributed by atoms with Crippen molar-refractivity contribution in [3.05, 3.63) is 91.8 Å². The van der Waals surface area contributed by atoms with E-state index in [-0.39, 0.29) is 10.6 Å². The zero-order chi connectivity index (χ0) is 20.1. The van der Waals surface area contributed by atoms with Crippen molar-refractivity contribution in [2.24, 2.45) is 0 Å². The standard InChI is InChI=1S/C22H20Cl2N2O2/c1-28-18-4-2-3-16(13-18)7-10-21-19(23)14-20(24)22(27)26(21)12-11-15-5-8-17(25)9-6-15/h2-10,13-14H,11-12,25H2,1H3. The minimum absolute atomic E-state index is 0.0980. The van der Waals surface area contributed by atoms with Crippen LogP contribution >= 0.6 is 23.2 Å². The van der Waals surface area contributed by atoms with Crippen LogP contribution in [0.15, 0.2) is 59.4 Å². The number of nitrogen functional groups attached to an aromatic ring is 1. The Morgan fingerprint density at radius 3 is 2.50 bits per heavy atom. The third-order valence-electron chi connectivity index (χ3n) is 4.37. The number of aryl methyl sites for hydroxylation is 1. The lowest BCUT2D eigenvalue weighted by Gasteiger charge is -2.13. The molecule has 1 aromatic heterocycles. The molecule has 0 aliphatic heterocycles. The maximum atomic E-state index is 12.6. The van der Waals surface area contributed by atoms with Crippen molar-refractivity contribution >= 4 is 41.0 Å². The fourth-order valence-electron chi connectivity index (χ4n) is 2.85. The van der Waals surface area contributed by atoms with Crippen LogP contribution in [0.3, 0.4) is 0 Å². The minimum atomic E-state index is -0.271. The molecule has 1 heterocycles. The van der Waals surface area contributed by atoms with Crippen molar-refractivity contribution < 1.29 is 4.74 Å². The number of anilines is 1. The zero-order valence-electron chi connectivity index (χ0n) is 15.4. The number of hydrogen-bond donors (Lipinski definition) is 1. The number of methoxy groups -OCH3 is 1. The number of hydrogen-bond acceptors (Lipinski definition) is 3. The first-order valence-corrected chi connectivity index (χ1v) is 9.49. The smallest absolute Gasteiger partial charge is 0.269 e. The third kappa shape index (κ3) is 4.77. The van der Waals surface area contributed by atoms with Crippen LogP contribution in [-0.4, -0.2) is 11.7 Å². The Kier molecular flexibility index (Phi) is 6.45. The monoisotopic (exact) mass is 414 g/mol. The molecule has 0 amide bonds. The van der Waals surface area contributed by atoms with Gasteiger partial charge >= 0.3 is 0 Å². The first-order chi connectivity index (χ1) is 13.5. The molecule has 0 saturated heterocycles. The molecule has 0 saturated carbocycles. The number of nitrogens with two attached hydrogens (primary N) is 1. The van der Waals surface area contributed by atoms with E-state index in [1.54, 1.807) is 11.7 Å². The highest BCUT2D eigenvalue weighted by Gasteiger charge is 2.11. The molecule has 0 unspecified atom stereocenters. The van der Waals surface area contributed by atoms with Gasteiger partial charge in [0.15, 0.2) is 0 Å². The topological polar surface area (TPSA) is 57.2 Å². The average Bonchev–Trinajstić information content (AvgIpc) is 2.70. The number of benzene rings is 2. The van der Waals surface area contributed by atoms with Gasteiger partial charge in [0, 0.05) is 12.2 Å². The van der Waals surface area contributed by atoms with E-state index in [2.05, 4.69) is 0 Å². The van der Waals surface area contributed by atoms with Gasteiger partial charge in [0.05, 0.1) is 17.8 Å². The van der Waals surface area contributed by atoms with Crippen molar-refractivity contribution in [3.63, 3.8) is 0 Å². The quantitative estimate of drug-likeness (QED) is 0.566. The van der Waals surface area contributed by atoms with Crippen molar-refractivity contribution in [2.75, 3.05) is 12.8 Å². The van der Waals surface area contributed by atoms with Crippen LogP contribution in [0.5, 0.6) is 5.75 Å². The predicted molar refractivity (Wildman–Crippen MR) is 117 cm³/mol. The number of pyridine rings is 1. The number of halogens is 2. The molecule has 4 nitrogen and oxygen atoms in total.